The first-order valence-electron chi connectivity index (χ1n) is 5.93. The zero-order valence-electron chi connectivity index (χ0n) is 11.1. The molecule has 2 atom stereocenters. The van der Waals surface area contributed by atoms with Crippen molar-refractivity contribution in [3.63, 3.8) is 0 Å². The number of carbonyl (C=O) groups excluding carboxylic acids is 1. The molecular formula is C11H23BN2O2Y-2. The van der Waals surface area contributed by atoms with Gasteiger partial charge < -0.3 is 26.9 Å². The van der Waals surface area contributed by atoms with Crippen molar-refractivity contribution in [1.29, 1.82) is 0 Å². The van der Waals surface area contributed by atoms with E-state index in [4.69, 9.17) is 0 Å². The summed E-state index contributed by atoms with van der Waals surface area (Å²) in [7, 11) is -0.426. The first-order chi connectivity index (χ1) is 7.69. The van der Waals surface area contributed by atoms with Crippen LogP contribution in [-0.2, 0) is 37.5 Å². The third kappa shape index (κ3) is 6.90. The summed E-state index contributed by atoms with van der Waals surface area (Å²) in [6.07, 6.45) is 3.86. The summed E-state index contributed by atoms with van der Waals surface area (Å²) in [5.41, 5.74) is 0. The summed E-state index contributed by atoms with van der Waals surface area (Å²) in [5.74, 6) is 0.642. The minimum absolute atomic E-state index is 0. The SMILES string of the molecule is CC[C@@H]1C[C@@H](CN[C-]=O)N(B(C)O)C1.[CH2-]C.[Y]. The predicted molar refractivity (Wildman–Crippen MR) is 67.5 cm³/mol. The Kier molecular flexibility index (Phi) is 13.6. The van der Waals surface area contributed by atoms with E-state index in [1.165, 1.54) is 0 Å². The van der Waals surface area contributed by atoms with Gasteiger partial charge in [-0.25, -0.2) is 0 Å². The molecule has 1 fully saturated rings. The number of nitrogens with one attached hydrogen (secondary N) is 1. The van der Waals surface area contributed by atoms with Crippen molar-refractivity contribution < 1.29 is 42.5 Å². The van der Waals surface area contributed by atoms with Gasteiger partial charge in [0, 0.05) is 45.3 Å². The minimum Gasteiger partial charge on any atom is -0.529 e. The Morgan fingerprint density at radius 1 is 1.59 bits per heavy atom. The van der Waals surface area contributed by atoms with E-state index in [9.17, 15) is 9.82 Å². The molecule has 6 heteroatoms. The zero-order chi connectivity index (χ0) is 12.6. The fourth-order valence-corrected chi connectivity index (χ4v) is 2.16. The Balaban J connectivity index is 0. The molecule has 0 unspecified atom stereocenters. The van der Waals surface area contributed by atoms with Gasteiger partial charge in [0.2, 0.25) is 0 Å². The Bertz CT molecular complexity index is 196. The van der Waals surface area contributed by atoms with Crippen molar-refractivity contribution in [3.05, 3.63) is 6.92 Å². The molecular weight excluding hydrogens is 292 g/mol. The molecule has 1 rings (SSSR count). The fourth-order valence-electron chi connectivity index (χ4n) is 2.16. The van der Waals surface area contributed by atoms with Crippen molar-refractivity contribution in [2.45, 2.75) is 39.6 Å². The number of nitrogens with zero attached hydrogens (tertiary/aromatic N) is 1. The standard InChI is InChI=1S/C9H18BN2O2.C2H5.Y/c1-3-8-4-9(5-11-7-13)12(6-8)10(2)14;1-2;/h8-9,14H,3-6H2,1-2H3,(H,11,13);1H2,2H3;/q2*-1;/t8-,9+;;/m1../s1. The van der Waals surface area contributed by atoms with Crippen molar-refractivity contribution in [3.8, 4) is 0 Å². The summed E-state index contributed by atoms with van der Waals surface area (Å²) in [5, 5.41) is 12.1. The van der Waals surface area contributed by atoms with Gasteiger partial charge in [0.05, 0.1) is 0 Å². The van der Waals surface area contributed by atoms with Crippen LogP contribution < -0.4 is 5.32 Å². The van der Waals surface area contributed by atoms with Crippen LogP contribution in [0, 0.1) is 12.8 Å². The molecule has 2 N–H and O–H groups in total. The molecule has 1 heterocycles. The maximum Gasteiger partial charge on any atom is 0.376 e. The maximum atomic E-state index is 10.1. The van der Waals surface area contributed by atoms with E-state index in [-0.39, 0.29) is 38.8 Å². The molecule has 1 aliphatic heterocycles. The molecule has 4 nitrogen and oxygen atoms in total. The number of hydrogen-bond donors (Lipinski definition) is 2. The van der Waals surface area contributed by atoms with Crippen LogP contribution >= 0.6 is 0 Å². The predicted octanol–water partition coefficient (Wildman–Crippen LogP) is 0.692. The van der Waals surface area contributed by atoms with Gasteiger partial charge in [0.1, 0.15) is 0 Å². The van der Waals surface area contributed by atoms with Gasteiger partial charge >= 0.3 is 7.05 Å². The van der Waals surface area contributed by atoms with Crippen LogP contribution in [0.4, 0.5) is 0 Å². The molecule has 0 aromatic carbocycles. The van der Waals surface area contributed by atoms with Crippen molar-refractivity contribution in [2.75, 3.05) is 13.1 Å². The van der Waals surface area contributed by atoms with Gasteiger partial charge in [-0.1, -0.05) is 13.3 Å². The van der Waals surface area contributed by atoms with Gasteiger partial charge in [-0.15, -0.1) is 0 Å². The number of hydrogen-bond acceptors (Lipinski definition) is 3. The summed E-state index contributed by atoms with van der Waals surface area (Å²) in [6, 6.07) is 0.265. The topological polar surface area (TPSA) is 52.6 Å². The molecule has 1 radical (unpaired) electrons. The van der Waals surface area contributed by atoms with Crippen LogP contribution in [-0.4, -0.2) is 42.4 Å². The average Bonchev–Trinajstić information content (AvgIpc) is 2.72. The van der Waals surface area contributed by atoms with E-state index in [0.29, 0.717) is 12.5 Å². The van der Waals surface area contributed by atoms with E-state index in [2.05, 4.69) is 19.2 Å². The van der Waals surface area contributed by atoms with Gasteiger partial charge in [-0.3, -0.25) is 0 Å². The molecule has 1 aliphatic rings. The van der Waals surface area contributed by atoms with E-state index in [1.807, 2.05) is 4.81 Å². The third-order valence-electron chi connectivity index (χ3n) is 3.01. The number of amides is 1. The Morgan fingerprint density at radius 2 is 2.18 bits per heavy atom. The Labute approximate surface area is 131 Å². The van der Waals surface area contributed by atoms with Crippen LogP contribution in [0.1, 0.15) is 26.7 Å². The molecule has 0 spiro atoms. The molecule has 0 aromatic rings. The van der Waals surface area contributed by atoms with Crippen LogP contribution in [0.3, 0.4) is 0 Å². The van der Waals surface area contributed by atoms with E-state index < -0.39 is 7.05 Å². The second kappa shape index (κ2) is 11.6. The third-order valence-corrected chi connectivity index (χ3v) is 3.01. The second-order valence-electron chi connectivity index (χ2n) is 3.98. The largest absolute Gasteiger partial charge is 0.529 e. The fraction of sp³-hybridized carbons (Fsp3) is 0.818. The van der Waals surface area contributed by atoms with Crippen molar-refractivity contribution in [1.82, 2.24) is 10.1 Å². The number of rotatable bonds is 5. The Morgan fingerprint density at radius 3 is 2.59 bits per heavy atom. The summed E-state index contributed by atoms with van der Waals surface area (Å²) in [4.78, 5) is 12.1. The molecule has 0 bridgehead atoms. The monoisotopic (exact) mass is 315 g/mol. The maximum absolute atomic E-state index is 10.1. The quantitative estimate of drug-likeness (QED) is 0.446. The first kappa shape index (κ1) is 19.9. The zero-order valence-corrected chi connectivity index (χ0v) is 14.0. The molecule has 0 aliphatic carbocycles. The summed E-state index contributed by atoms with van der Waals surface area (Å²) >= 11 is 0. The van der Waals surface area contributed by atoms with Gasteiger partial charge in [-0.05, 0) is 25.7 Å². The molecule has 0 saturated carbocycles. The summed E-state index contributed by atoms with van der Waals surface area (Å²) < 4.78 is 0. The van der Waals surface area contributed by atoms with Crippen LogP contribution in [0.2, 0.25) is 6.82 Å². The van der Waals surface area contributed by atoms with E-state index in [1.54, 1.807) is 20.2 Å². The van der Waals surface area contributed by atoms with Crippen LogP contribution in [0.5, 0.6) is 0 Å². The van der Waals surface area contributed by atoms with Gasteiger partial charge in [0.15, 0.2) is 0 Å². The van der Waals surface area contributed by atoms with E-state index >= 15 is 0 Å². The molecule has 0 aromatic heterocycles. The van der Waals surface area contributed by atoms with Crippen molar-refractivity contribution >= 4 is 13.5 Å². The Hall–Kier alpha value is 0.559. The smallest absolute Gasteiger partial charge is 0.376 e. The van der Waals surface area contributed by atoms with Crippen LogP contribution in [0.25, 0.3) is 0 Å². The second-order valence-corrected chi connectivity index (χ2v) is 3.98. The first-order valence-corrected chi connectivity index (χ1v) is 5.93. The van der Waals surface area contributed by atoms with Crippen molar-refractivity contribution in [2.24, 2.45) is 5.92 Å². The van der Waals surface area contributed by atoms with E-state index in [0.717, 1.165) is 19.4 Å². The van der Waals surface area contributed by atoms with Crippen LogP contribution in [0.15, 0.2) is 0 Å². The minimum atomic E-state index is -0.426. The molecule has 97 valence electrons. The van der Waals surface area contributed by atoms with Gasteiger partial charge in [0.25, 0.3) is 0 Å². The molecule has 1 amide bonds. The van der Waals surface area contributed by atoms with Gasteiger partial charge in [-0.2, -0.15) is 13.3 Å². The average molecular weight is 315 g/mol. The molecule has 1 saturated heterocycles. The summed E-state index contributed by atoms with van der Waals surface area (Å²) in [6.45, 7) is 10.5. The normalized spacial score (nSPS) is 23.1. The molecule has 17 heavy (non-hydrogen) atoms.